The van der Waals surface area contributed by atoms with Crippen LogP contribution in [-0.4, -0.2) is 31.2 Å². The van der Waals surface area contributed by atoms with E-state index in [1.807, 2.05) is 18.9 Å². The zero-order valence-electron chi connectivity index (χ0n) is 6.60. The Bertz CT molecular complexity index is 142. The number of likely N-dealkylation sites (N-methyl/N-ethyl adjacent to an activating group) is 1. The third-order valence-electron chi connectivity index (χ3n) is 1.80. The van der Waals surface area contributed by atoms with Gasteiger partial charge < -0.3 is 0 Å². The second-order valence-electron chi connectivity index (χ2n) is 3.07. The molecule has 0 radical (unpaired) electrons. The number of allylic oxidation sites excluding steroid dienone is 1. The van der Waals surface area contributed by atoms with Crippen LogP contribution in [0.1, 0.15) is 13.3 Å². The van der Waals surface area contributed by atoms with Crippen molar-refractivity contribution in [2.24, 2.45) is 0 Å². The first-order valence-electron chi connectivity index (χ1n) is 3.66. The summed E-state index contributed by atoms with van der Waals surface area (Å²) in [4.78, 5) is 2.00. The molecular weight excluding hydrogens is 129 g/mol. The van der Waals surface area contributed by atoms with Crippen LogP contribution in [0.5, 0.6) is 0 Å². The van der Waals surface area contributed by atoms with Gasteiger partial charge in [0.15, 0.2) is 0 Å². The Balaban J connectivity index is 2.53. The lowest BCUT2D eigenvalue weighted by molar-refractivity contribution is 0.240. The molecule has 2 heteroatoms. The van der Waals surface area contributed by atoms with E-state index in [1.54, 1.807) is 0 Å². The SMILES string of the molecule is CC1=CCN(C)CC(F)C1. The first-order valence-corrected chi connectivity index (χ1v) is 3.66. The van der Waals surface area contributed by atoms with Crippen LogP contribution in [0.4, 0.5) is 4.39 Å². The lowest BCUT2D eigenvalue weighted by atomic mass is 10.1. The predicted molar refractivity (Wildman–Crippen MR) is 40.8 cm³/mol. The summed E-state index contributed by atoms with van der Waals surface area (Å²) in [6.45, 7) is 3.46. The molecule has 0 N–H and O–H groups in total. The van der Waals surface area contributed by atoms with Crippen molar-refractivity contribution in [1.29, 1.82) is 0 Å². The molecule has 1 unspecified atom stereocenters. The summed E-state index contributed by atoms with van der Waals surface area (Å²) >= 11 is 0. The fraction of sp³-hybridized carbons (Fsp3) is 0.750. The van der Waals surface area contributed by atoms with Crippen LogP contribution >= 0.6 is 0 Å². The van der Waals surface area contributed by atoms with Gasteiger partial charge in [0, 0.05) is 19.5 Å². The van der Waals surface area contributed by atoms with Gasteiger partial charge in [-0.2, -0.15) is 0 Å². The predicted octanol–water partition coefficient (Wildman–Crippen LogP) is 1.61. The van der Waals surface area contributed by atoms with Gasteiger partial charge in [-0.15, -0.1) is 0 Å². The second kappa shape index (κ2) is 3.15. The van der Waals surface area contributed by atoms with Crippen molar-refractivity contribution in [3.8, 4) is 0 Å². The maximum Gasteiger partial charge on any atom is 0.116 e. The molecule has 0 saturated carbocycles. The maximum absolute atomic E-state index is 12.9. The molecule has 0 fully saturated rings. The maximum atomic E-state index is 12.9. The molecule has 0 aliphatic carbocycles. The van der Waals surface area contributed by atoms with E-state index in [0.717, 1.165) is 6.54 Å². The monoisotopic (exact) mass is 143 g/mol. The summed E-state index contributed by atoms with van der Waals surface area (Å²) in [7, 11) is 1.95. The summed E-state index contributed by atoms with van der Waals surface area (Å²) in [5.41, 5.74) is 1.18. The number of alkyl halides is 1. The molecule has 10 heavy (non-hydrogen) atoms. The van der Waals surface area contributed by atoms with Crippen LogP contribution in [0.25, 0.3) is 0 Å². The first-order chi connectivity index (χ1) is 4.68. The van der Waals surface area contributed by atoms with E-state index in [1.165, 1.54) is 5.57 Å². The molecule has 1 aliphatic heterocycles. The zero-order valence-corrected chi connectivity index (χ0v) is 6.60. The fourth-order valence-corrected chi connectivity index (χ4v) is 1.22. The molecule has 0 bridgehead atoms. The highest BCUT2D eigenvalue weighted by atomic mass is 19.1. The van der Waals surface area contributed by atoms with Crippen molar-refractivity contribution in [2.75, 3.05) is 20.1 Å². The van der Waals surface area contributed by atoms with E-state index < -0.39 is 6.17 Å². The van der Waals surface area contributed by atoms with Gasteiger partial charge in [0.1, 0.15) is 6.17 Å². The van der Waals surface area contributed by atoms with Crippen LogP contribution in [-0.2, 0) is 0 Å². The average molecular weight is 143 g/mol. The Labute approximate surface area is 61.5 Å². The zero-order chi connectivity index (χ0) is 7.56. The van der Waals surface area contributed by atoms with E-state index in [4.69, 9.17) is 0 Å². The van der Waals surface area contributed by atoms with Crippen LogP contribution in [0, 0.1) is 0 Å². The normalized spacial score (nSPS) is 29.5. The largest absolute Gasteiger partial charge is 0.300 e. The smallest absolute Gasteiger partial charge is 0.116 e. The van der Waals surface area contributed by atoms with Crippen molar-refractivity contribution in [2.45, 2.75) is 19.5 Å². The Morgan fingerprint density at radius 1 is 1.70 bits per heavy atom. The van der Waals surface area contributed by atoms with E-state index >= 15 is 0 Å². The fourth-order valence-electron chi connectivity index (χ4n) is 1.22. The minimum absolute atomic E-state index is 0.577. The van der Waals surface area contributed by atoms with E-state index in [9.17, 15) is 4.39 Å². The van der Waals surface area contributed by atoms with Crippen molar-refractivity contribution >= 4 is 0 Å². The molecule has 0 aromatic rings. The Hall–Kier alpha value is -0.370. The summed E-state index contributed by atoms with van der Waals surface area (Å²) < 4.78 is 12.9. The Morgan fingerprint density at radius 3 is 3.10 bits per heavy atom. The highest BCUT2D eigenvalue weighted by molar-refractivity contribution is 5.03. The topological polar surface area (TPSA) is 3.24 Å². The molecule has 1 atom stereocenters. The summed E-state index contributed by atoms with van der Waals surface area (Å²) in [5.74, 6) is 0. The second-order valence-corrected chi connectivity index (χ2v) is 3.07. The van der Waals surface area contributed by atoms with E-state index in [2.05, 4.69) is 6.08 Å². The number of halogens is 1. The summed E-state index contributed by atoms with van der Waals surface area (Å²) in [6.07, 6.45) is 2.05. The molecule has 1 aliphatic rings. The summed E-state index contributed by atoms with van der Waals surface area (Å²) in [6, 6.07) is 0. The van der Waals surface area contributed by atoms with Crippen molar-refractivity contribution in [3.63, 3.8) is 0 Å². The Kier molecular flexibility index (Phi) is 2.44. The third kappa shape index (κ3) is 2.10. The molecule has 1 heterocycles. The number of hydrogen-bond acceptors (Lipinski definition) is 1. The van der Waals surface area contributed by atoms with Crippen LogP contribution < -0.4 is 0 Å². The van der Waals surface area contributed by atoms with Gasteiger partial charge in [0.05, 0.1) is 0 Å². The van der Waals surface area contributed by atoms with Crippen molar-refractivity contribution in [1.82, 2.24) is 4.90 Å². The lowest BCUT2D eigenvalue weighted by Gasteiger charge is -2.13. The van der Waals surface area contributed by atoms with Gasteiger partial charge in [-0.05, 0) is 14.0 Å². The van der Waals surface area contributed by atoms with Gasteiger partial charge in [0.2, 0.25) is 0 Å². The van der Waals surface area contributed by atoms with Gasteiger partial charge in [-0.1, -0.05) is 11.6 Å². The van der Waals surface area contributed by atoms with Crippen molar-refractivity contribution < 1.29 is 4.39 Å². The summed E-state index contributed by atoms with van der Waals surface area (Å²) in [5, 5.41) is 0. The van der Waals surface area contributed by atoms with Crippen LogP contribution in [0.2, 0.25) is 0 Å². The standard InChI is InChI=1S/C8H14FN/c1-7-3-4-10(2)6-8(9)5-7/h3,8H,4-6H2,1-2H3. The van der Waals surface area contributed by atoms with Crippen molar-refractivity contribution in [3.05, 3.63) is 11.6 Å². The number of rotatable bonds is 0. The molecule has 58 valence electrons. The highest BCUT2D eigenvalue weighted by Crippen LogP contribution is 2.12. The first kappa shape index (κ1) is 7.73. The van der Waals surface area contributed by atoms with Gasteiger partial charge in [-0.25, -0.2) is 4.39 Å². The molecule has 1 nitrogen and oxygen atoms in total. The Morgan fingerprint density at radius 2 is 2.40 bits per heavy atom. The van der Waals surface area contributed by atoms with E-state index in [0.29, 0.717) is 13.0 Å². The molecule has 1 rings (SSSR count). The molecular formula is C8H14FN. The molecule has 0 aromatic carbocycles. The minimum Gasteiger partial charge on any atom is -0.300 e. The quantitative estimate of drug-likeness (QED) is 0.466. The minimum atomic E-state index is -0.663. The molecule has 0 saturated heterocycles. The van der Waals surface area contributed by atoms with Gasteiger partial charge in [-0.3, -0.25) is 4.90 Å². The van der Waals surface area contributed by atoms with E-state index in [-0.39, 0.29) is 0 Å². The van der Waals surface area contributed by atoms with Crippen LogP contribution in [0.3, 0.4) is 0 Å². The number of hydrogen-bond donors (Lipinski definition) is 0. The number of nitrogens with zero attached hydrogens (tertiary/aromatic N) is 1. The average Bonchev–Trinajstić information content (AvgIpc) is 1.93. The molecule has 0 amide bonds. The molecule has 0 aromatic heterocycles. The lowest BCUT2D eigenvalue weighted by Crippen LogP contribution is -2.24. The third-order valence-corrected chi connectivity index (χ3v) is 1.80. The van der Waals surface area contributed by atoms with Crippen LogP contribution in [0.15, 0.2) is 11.6 Å². The highest BCUT2D eigenvalue weighted by Gasteiger charge is 2.13. The van der Waals surface area contributed by atoms with Gasteiger partial charge >= 0.3 is 0 Å². The van der Waals surface area contributed by atoms with Gasteiger partial charge in [0.25, 0.3) is 0 Å². The molecule has 0 spiro atoms.